The van der Waals surface area contributed by atoms with Crippen LogP contribution in [-0.4, -0.2) is 21.7 Å². The van der Waals surface area contributed by atoms with Gasteiger partial charge >= 0.3 is 0 Å². The average molecular weight is 284 g/mol. The molecule has 0 unspecified atom stereocenters. The van der Waals surface area contributed by atoms with Crippen molar-refractivity contribution in [3.05, 3.63) is 48.2 Å². The van der Waals surface area contributed by atoms with Crippen molar-refractivity contribution in [3.8, 4) is 0 Å². The van der Waals surface area contributed by atoms with Gasteiger partial charge in [0.1, 0.15) is 12.0 Å². The lowest BCUT2D eigenvalue weighted by atomic mass is 10.1. The van der Waals surface area contributed by atoms with Crippen molar-refractivity contribution in [2.75, 3.05) is 11.4 Å². The van der Waals surface area contributed by atoms with Crippen LogP contribution in [0.15, 0.2) is 41.1 Å². The molecule has 3 heterocycles. The largest absolute Gasteiger partial charge is 0.364 e. The maximum absolute atomic E-state index is 14.3. The Morgan fingerprint density at radius 1 is 1.14 bits per heavy atom. The van der Waals surface area contributed by atoms with Gasteiger partial charge in [-0.3, -0.25) is 0 Å². The molecule has 4 rings (SSSR count). The summed E-state index contributed by atoms with van der Waals surface area (Å²) in [6.07, 6.45) is 3.40. The predicted octanol–water partition coefficient (Wildman–Crippen LogP) is 3.10. The smallest absolute Gasteiger partial charge is 0.256 e. The number of halogens is 1. The Labute approximate surface area is 120 Å². The summed E-state index contributed by atoms with van der Waals surface area (Å²) in [4.78, 5) is 10.4. The van der Waals surface area contributed by atoms with Crippen LogP contribution >= 0.6 is 0 Å². The Bertz CT molecular complexity index is 774. The molecule has 1 aliphatic rings. The molecule has 3 aromatic rings. The number of fused-ring (bicyclic) bond motifs is 1. The minimum absolute atomic E-state index is 0.00582. The van der Waals surface area contributed by atoms with Gasteiger partial charge in [0.25, 0.3) is 5.95 Å². The summed E-state index contributed by atoms with van der Waals surface area (Å²) in [7, 11) is 0. The van der Waals surface area contributed by atoms with Gasteiger partial charge in [0, 0.05) is 12.6 Å². The van der Waals surface area contributed by atoms with Gasteiger partial charge in [0.2, 0.25) is 0 Å². The van der Waals surface area contributed by atoms with Crippen LogP contribution in [-0.2, 0) is 0 Å². The van der Waals surface area contributed by atoms with Crippen LogP contribution in [0.25, 0.3) is 11.0 Å². The van der Waals surface area contributed by atoms with E-state index in [-0.39, 0.29) is 6.04 Å². The summed E-state index contributed by atoms with van der Waals surface area (Å²) >= 11 is 0. The van der Waals surface area contributed by atoms with Gasteiger partial charge in [-0.1, -0.05) is 17.3 Å². The minimum Gasteiger partial charge on any atom is -0.364 e. The fourth-order valence-electron chi connectivity index (χ4n) is 2.87. The van der Waals surface area contributed by atoms with E-state index >= 15 is 0 Å². The molecule has 5 nitrogen and oxygen atoms in total. The highest BCUT2D eigenvalue weighted by Crippen LogP contribution is 2.35. The molecule has 0 bridgehead atoms. The zero-order chi connectivity index (χ0) is 14.2. The lowest BCUT2D eigenvalue weighted by molar-refractivity contribution is 0.404. The first-order chi connectivity index (χ1) is 10.3. The van der Waals surface area contributed by atoms with E-state index in [0.717, 1.165) is 25.1 Å². The average Bonchev–Trinajstić information content (AvgIpc) is 3.17. The zero-order valence-corrected chi connectivity index (χ0v) is 11.2. The SMILES string of the molecule is Fc1nc2ccccc2nc1N1CCC[C@H]1c1ccon1. The van der Waals surface area contributed by atoms with Crippen LogP contribution in [0.5, 0.6) is 0 Å². The van der Waals surface area contributed by atoms with Gasteiger partial charge in [0.05, 0.1) is 17.1 Å². The molecule has 6 heteroatoms. The van der Waals surface area contributed by atoms with E-state index in [0.29, 0.717) is 16.9 Å². The summed E-state index contributed by atoms with van der Waals surface area (Å²) in [6.45, 7) is 0.738. The Balaban J connectivity index is 1.80. The number of rotatable bonds is 2. The maximum atomic E-state index is 14.3. The molecule has 0 N–H and O–H groups in total. The number of aromatic nitrogens is 3. The van der Waals surface area contributed by atoms with Crippen molar-refractivity contribution in [2.24, 2.45) is 0 Å². The fraction of sp³-hybridized carbons (Fsp3) is 0.267. The molecule has 0 saturated carbocycles. The van der Waals surface area contributed by atoms with E-state index in [1.54, 1.807) is 6.07 Å². The van der Waals surface area contributed by atoms with Gasteiger partial charge in [-0.15, -0.1) is 0 Å². The molecule has 0 amide bonds. The van der Waals surface area contributed by atoms with Crippen molar-refractivity contribution >= 4 is 16.9 Å². The van der Waals surface area contributed by atoms with Gasteiger partial charge in [0.15, 0.2) is 5.82 Å². The molecule has 1 fully saturated rings. The second kappa shape index (κ2) is 4.80. The number of hydrogen-bond donors (Lipinski definition) is 0. The van der Waals surface area contributed by atoms with E-state index in [2.05, 4.69) is 15.1 Å². The van der Waals surface area contributed by atoms with Crippen molar-refractivity contribution < 1.29 is 8.91 Å². The predicted molar refractivity (Wildman–Crippen MR) is 75.3 cm³/mol. The van der Waals surface area contributed by atoms with Crippen molar-refractivity contribution in [3.63, 3.8) is 0 Å². The lowest BCUT2D eigenvalue weighted by Crippen LogP contribution is -2.25. The Morgan fingerprint density at radius 2 is 1.95 bits per heavy atom. The number of nitrogens with zero attached hydrogens (tertiary/aromatic N) is 4. The summed E-state index contributed by atoms with van der Waals surface area (Å²) in [5.41, 5.74) is 2.07. The molecular weight excluding hydrogens is 271 g/mol. The molecule has 2 aromatic heterocycles. The van der Waals surface area contributed by atoms with E-state index < -0.39 is 5.95 Å². The van der Waals surface area contributed by atoms with Crippen LogP contribution in [0.1, 0.15) is 24.6 Å². The quantitative estimate of drug-likeness (QED) is 0.723. The Hall–Kier alpha value is -2.50. The third-order valence-electron chi connectivity index (χ3n) is 3.84. The zero-order valence-electron chi connectivity index (χ0n) is 11.2. The molecule has 1 saturated heterocycles. The molecule has 0 spiro atoms. The molecule has 1 aromatic carbocycles. The Kier molecular flexibility index (Phi) is 2.80. The van der Waals surface area contributed by atoms with Gasteiger partial charge in [-0.25, -0.2) is 9.97 Å². The van der Waals surface area contributed by atoms with Crippen molar-refractivity contribution in [1.29, 1.82) is 0 Å². The molecule has 0 aliphatic carbocycles. The first kappa shape index (κ1) is 12.3. The van der Waals surface area contributed by atoms with Crippen LogP contribution in [0.2, 0.25) is 0 Å². The van der Waals surface area contributed by atoms with E-state index in [4.69, 9.17) is 4.52 Å². The summed E-state index contributed by atoms with van der Waals surface area (Å²) in [5.74, 6) is -0.247. The van der Waals surface area contributed by atoms with E-state index in [1.807, 2.05) is 29.2 Å². The third kappa shape index (κ3) is 2.03. The third-order valence-corrected chi connectivity index (χ3v) is 3.84. The lowest BCUT2D eigenvalue weighted by Gasteiger charge is -2.24. The topological polar surface area (TPSA) is 55.1 Å². The minimum atomic E-state index is -0.538. The summed E-state index contributed by atoms with van der Waals surface area (Å²) < 4.78 is 19.2. The monoisotopic (exact) mass is 284 g/mol. The highest BCUT2D eigenvalue weighted by atomic mass is 19.1. The highest BCUT2D eigenvalue weighted by molar-refractivity contribution is 5.75. The van der Waals surface area contributed by atoms with Crippen LogP contribution < -0.4 is 4.90 Å². The second-order valence-electron chi connectivity index (χ2n) is 5.10. The van der Waals surface area contributed by atoms with E-state index in [1.165, 1.54) is 6.26 Å². The highest BCUT2D eigenvalue weighted by Gasteiger charge is 2.31. The number of benzene rings is 1. The second-order valence-corrected chi connectivity index (χ2v) is 5.10. The van der Waals surface area contributed by atoms with Crippen LogP contribution in [0.3, 0.4) is 0 Å². The van der Waals surface area contributed by atoms with Crippen molar-refractivity contribution in [2.45, 2.75) is 18.9 Å². The Morgan fingerprint density at radius 3 is 2.71 bits per heavy atom. The van der Waals surface area contributed by atoms with Crippen LogP contribution in [0, 0.1) is 5.95 Å². The summed E-state index contributed by atoms with van der Waals surface area (Å²) in [5, 5.41) is 3.98. The molecule has 21 heavy (non-hydrogen) atoms. The van der Waals surface area contributed by atoms with Gasteiger partial charge < -0.3 is 9.42 Å². The molecule has 1 atom stereocenters. The molecule has 1 aliphatic heterocycles. The normalized spacial score (nSPS) is 18.5. The van der Waals surface area contributed by atoms with E-state index in [9.17, 15) is 4.39 Å². The van der Waals surface area contributed by atoms with Crippen molar-refractivity contribution in [1.82, 2.24) is 15.1 Å². The number of hydrogen-bond acceptors (Lipinski definition) is 5. The van der Waals surface area contributed by atoms with Crippen LogP contribution in [0.4, 0.5) is 10.2 Å². The molecular formula is C15H13FN4O. The number of anilines is 1. The van der Waals surface area contributed by atoms with Gasteiger partial charge in [-0.2, -0.15) is 4.39 Å². The number of para-hydroxylation sites is 2. The molecule has 106 valence electrons. The fourth-order valence-corrected chi connectivity index (χ4v) is 2.87. The molecule has 0 radical (unpaired) electrons. The first-order valence-electron chi connectivity index (χ1n) is 6.92. The maximum Gasteiger partial charge on any atom is 0.256 e. The van der Waals surface area contributed by atoms with Gasteiger partial charge in [-0.05, 0) is 25.0 Å². The summed E-state index contributed by atoms with van der Waals surface area (Å²) in [6, 6.07) is 9.10. The standard InChI is InChI=1S/C15H13FN4O/c16-14-15(18-11-5-2-1-4-10(11)17-14)20-8-3-6-13(20)12-7-9-21-19-12/h1-2,4-5,7,9,13H,3,6,8H2/t13-/m0/s1. The first-order valence-corrected chi connectivity index (χ1v) is 6.92.